The number of rotatable bonds is 54. The number of aryl methyl sites for hydroxylation is 6. The monoisotopic (exact) mass is 1570 g/mol. The molecule has 0 spiro atoms. The van der Waals surface area contributed by atoms with Gasteiger partial charge in [-0.25, -0.2) is 0 Å². The van der Waals surface area contributed by atoms with Gasteiger partial charge in [0.1, 0.15) is 0 Å². The topological polar surface area (TPSA) is 40.5 Å². The lowest BCUT2D eigenvalue weighted by Crippen LogP contribution is -2.00. The molecule has 0 bridgehead atoms. The molecule has 0 aromatic heterocycles. The average Bonchev–Trinajstić information content (AvgIpc) is 0.842. The normalized spacial score (nSPS) is 11.0. The Balaban J connectivity index is 1.34. The molecule has 0 aliphatic heterocycles. The summed E-state index contributed by atoms with van der Waals surface area (Å²) in [4.78, 5) is 0. The molecule has 0 aliphatic rings. The molecule has 5 rings (SSSR count). The van der Waals surface area contributed by atoms with Crippen molar-refractivity contribution in [2.75, 3.05) is 13.2 Å². The third kappa shape index (κ3) is 39.0. The Hall–Kier alpha value is -4.28. The van der Waals surface area contributed by atoms with Crippen LogP contribution in [0.2, 0.25) is 0 Å². The van der Waals surface area contributed by atoms with Crippen LogP contribution in [0.1, 0.15) is 401 Å². The molecule has 0 heterocycles. The summed E-state index contributed by atoms with van der Waals surface area (Å²) in [6, 6.07) is 31.5. The fraction of sp³-hybridized carbons (Fsp3) is 0.604. The summed E-state index contributed by atoms with van der Waals surface area (Å²) in [5, 5.41) is 19.4. The van der Waals surface area contributed by atoms with Crippen LogP contribution in [0, 0.1) is 54.5 Å². The van der Waals surface area contributed by atoms with E-state index in [1.165, 1.54) is 308 Å². The van der Waals surface area contributed by atoms with Crippen LogP contribution in [0.3, 0.4) is 0 Å². The van der Waals surface area contributed by atoms with Crippen LogP contribution in [-0.4, -0.2) is 23.4 Å². The van der Waals surface area contributed by atoms with Gasteiger partial charge >= 0.3 is 0 Å². The summed E-state index contributed by atoms with van der Waals surface area (Å²) in [7, 11) is 0. The first-order chi connectivity index (χ1) is 49.3. The fourth-order valence-electron chi connectivity index (χ4n) is 13.9. The van der Waals surface area contributed by atoms with Gasteiger partial charge in [-0.15, -0.1) is 0 Å². The summed E-state index contributed by atoms with van der Waals surface area (Å²) >= 11 is 5.20. The summed E-state index contributed by atoms with van der Waals surface area (Å²) in [6.07, 6.45) is 65.7. The molecule has 546 valence electrons. The molecule has 0 saturated heterocycles. The van der Waals surface area contributed by atoms with Gasteiger partial charge in [-0.2, -0.15) is 0 Å². The highest BCUT2D eigenvalue weighted by atomic mass is 127. The largest absolute Gasteiger partial charge is 0.396 e. The molecule has 0 atom stereocenters. The van der Waals surface area contributed by atoms with Crippen molar-refractivity contribution in [2.24, 2.45) is 0 Å². The molecule has 100 heavy (non-hydrogen) atoms. The van der Waals surface area contributed by atoms with Crippen LogP contribution in [-0.2, 0) is 38.5 Å². The summed E-state index contributed by atoms with van der Waals surface area (Å²) in [6.45, 7) is 9.62. The Kier molecular flexibility index (Phi) is 50.1. The first-order valence-corrected chi connectivity index (χ1v) is 43.7. The van der Waals surface area contributed by atoms with Gasteiger partial charge in [0.15, 0.2) is 0 Å². The van der Waals surface area contributed by atoms with E-state index in [1.54, 1.807) is 0 Å². The third-order valence-corrected chi connectivity index (χ3v) is 22.4. The SMILES string of the molecule is CCCCCCCCCCCCc1cc(C#Cc2ccc(C#Cc3cc(CCCCCO)c(C#Cc4ccc(C#Cc5cc(CCCCCCCCCCCC)c(I)cc5CCCCCCCCCCCC)cc4)cc3CCCCCO)cc2)c(CCCCCCCCCCCC)cc1I. The van der Waals surface area contributed by atoms with Gasteiger partial charge < -0.3 is 10.2 Å². The van der Waals surface area contributed by atoms with Crippen molar-refractivity contribution in [3.8, 4) is 47.4 Å². The zero-order chi connectivity index (χ0) is 71.0. The molecule has 5 aromatic rings. The number of halogens is 2. The Morgan fingerprint density at radius 3 is 0.590 bits per heavy atom. The van der Waals surface area contributed by atoms with Gasteiger partial charge in [-0.05, 0) is 253 Å². The number of hydrogen-bond acceptors (Lipinski definition) is 2. The number of hydrogen-bond donors (Lipinski definition) is 2. The highest BCUT2D eigenvalue weighted by Gasteiger charge is 2.13. The molecule has 5 aromatic carbocycles. The first kappa shape index (κ1) is 86.4. The second-order valence-electron chi connectivity index (χ2n) is 29.3. The van der Waals surface area contributed by atoms with Crippen LogP contribution in [0.15, 0.2) is 84.9 Å². The van der Waals surface area contributed by atoms with Crippen LogP contribution in [0.5, 0.6) is 0 Å². The van der Waals surface area contributed by atoms with Crippen molar-refractivity contribution in [3.05, 3.63) is 170 Å². The van der Waals surface area contributed by atoms with Crippen molar-refractivity contribution in [2.45, 2.75) is 362 Å². The Bertz CT molecular complexity index is 2990. The van der Waals surface area contributed by atoms with Gasteiger partial charge in [-0.3, -0.25) is 0 Å². The summed E-state index contributed by atoms with van der Waals surface area (Å²) in [5.74, 6) is 29.0. The highest BCUT2D eigenvalue weighted by Crippen LogP contribution is 2.28. The lowest BCUT2D eigenvalue weighted by Gasteiger charge is -2.12. The molecule has 2 nitrogen and oxygen atoms in total. The third-order valence-electron chi connectivity index (χ3n) is 20.4. The van der Waals surface area contributed by atoms with E-state index in [0.717, 1.165) is 110 Å². The van der Waals surface area contributed by atoms with E-state index in [9.17, 15) is 10.2 Å². The number of aliphatic hydroxyl groups is 2. The molecule has 0 saturated carbocycles. The van der Waals surface area contributed by atoms with Crippen molar-refractivity contribution in [3.63, 3.8) is 0 Å². The molecular formula is C96H136I2O2. The van der Waals surface area contributed by atoms with Gasteiger partial charge in [0.05, 0.1) is 0 Å². The van der Waals surface area contributed by atoms with Crippen molar-refractivity contribution in [1.82, 2.24) is 0 Å². The fourth-order valence-corrected chi connectivity index (χ4v) is 15.5. The maximum absolute atomic E-state index is 9.72. The maximum Gasteiger partial charge on any atom is 0.0431 e. The van der Waals surface area contributed by atoms with Gasteiger partial charge in [0, 0.05) is 64.9 Å². The second kappa shape index (κ2) is 58.0. The van der Waals surface area contributed by atoms with Gasteiger partial charge in [0.25, 0.3) is 0 Å². The van der Waals surface area contributed by atoms with Crippen LogP contribution in [0.25, 0.3) is 0 Å². The molecule has 2 N–H and O–H groups in total. The minimum Gasteiger partial charge on any atom is -0.396 e. The molecule has 0 radical (unpaired) electrons. The van der Waals surface area contributed by atoms with E-state index >= 15 is 0 Å². The van der Waals surface area contributed by atoms with E-state index in [4.69, 9.17) is 0 Å². The van der Waals surface area contributed by atoms with E-state index in [1.807, 2.05) is 0 Å². The van der Waals surface area contributed by atoms with E-state index in [-0.39, 0.29) is 13.2 Å². The van der Waals surface area contributed by atoms with Crippen LogP contribution < -0.4 is 0 Å². The summed E-state index contributed by atoms with van der Waals surface area (Å²) in [5.41, 5.74) is 16.6. The number of unbranched alkanes of at least 4 members (excludes halogenated alkanes) is 40. The van der Waals surface area contributed by atoms with Crippen molar-refractivity contribution in [1.29, 1.82) is 0 Å². The smallest absolute Gasteiger partial charge is 0.0431 e. The Morgan fingerprint density at radius 2 is 0.380 bits per heavy atom. The van der Waals surface area contributed by atoms with Crippen LogP contribution in [0.4, 0.5) is 0 Å². The molecular weight excluding hydrogens is 1440 g/mol. The Labute approximate surface area is 642 Å². The minimum atomic E-state index is 0.208. The lowest BCUT2D eigenvalue weighted by atomic mass is 9.92. The predicted octanol–water partition coefficient (Wildman–Crippen LogP) is 27.8. The number of benzene rings is 5. The number of aliphatic hydroxyl groups excluding tert-OH is 2. The lowest BCUT2D eigenvalue weighted by molar-refractivity contribution is 0.283. The summed E-state index contributed by atoms with van der Waals surface area (Å²) < 4.78 is 2.81. The minimum absolute atomic E-state index is 0.208. The quantitative estimate of drug-likeness (QED) is 0.0231. The van der Waals surface area contributed by atoms with Gasteiger partial charge in [-0.1, -0.05) is 319 Å². The van der Waals surface area contributed by atoms with E-state index in [2.05, 4.69) is 205 Å². The zero-order valence-electron chi connectivity index (χ0n) is 63.9. The molecule has 0 fully saturated rings. The molecule has 0 amide bonds. The predicted molar refractivity (Wildman–Crippen MR) is 453 cm³/mol. The van der Waals surface area contributed by atoms with Crippen molar-refractivity contribution < 1.29 is 10.2 Å². The molecule has 0 unspecified atom stereocenters. The Morgan fingerprint density at radius 1 is 0.210 bits per heavy atom. The van der Waals surface area contributed by atoms with E-state index in [0.29, 0.717) is 0 Å². The maximum atomic E-state index is 9.72. The van der Waals surface area contributed by atoms with Crippen LogP contribution >= 0.6 is 45.2 Å². The van der Waals surface area contributed by atoms with E-state index < -0.39 is 0 Å². The molecule has 4 heteroatoms. The second-order valence-corrected chi connectivity index (χ2v) is 31.6. The standard InChI is InChI=1S/C96H136I2O2/c1-5-9-13-17-21-25-29-33-37-43-53-87-79-95(97)93(55-45-39-35-31-27-23-19-15-11-7-3)77-91(87)71-67-83-61-57-81(58-62-83)65-69-89-75-86(52-48-42-50-74-100)90(76-85(89)51-47-41-49-73-99)70-66-82-59-63-84(64-60-82)68-72-92-78-94(56-46-40-36-32-28-24-20-16-12-8-4)96(98)80-88(92)54-44-38-34-30-26-22-18-14-10-6-2/h57-64,75-80,99-100H,5-56,73-74H2,1-4H3. The average molecular weight is 1580 g/mol. The molecule has 0 aliphatic carbocycles. The highest BCUT2D eigenvalue weighted by molar-refractivity contribution is 14.1. The van der Waals surface area contributed by atoms with Gasteiger partial charge in [0.2, 0.25) is 0 Å². The first-order valence-electron chi connectivity index (χ1n) is 41.6. The zero-order valence-corrected chi connectivity index (χ0v) is 68.2. The van der Waals surface area contributed by atoms with Crippen molar-refractivity contribution >= 4 is 45.2 Å².